The van der Waals surface area contributed by atoms with E-state index in [0.717, 1.165) is 36.6 Å². The SMILES string of the molecule is COCCc1nc(C)c(CCNC(C)(C)C)c(C)n1. The Kier molecular flexibility index (Phi) is 5.88. The molecule has 0 aliphatic rings. The fourth-order valence-corrected chi connectivity index (χ4v) is 2.04. The van der Waals surface area contributed by atoms with Gasteiger partial charge in [-0.25, -0.2) is 9.97 Å². The maximum atomic E-state index is 5.07. The normalized spacial score (nSPS) is 11.9. The molecule has 4 heteroatoms. The molecule has 0 radical (unpaired) electrons. The predicted octanol–water partition coefficient (Wildman–Crippen LogP) is 2.21. The summed E-state index contributed by atoms with van der Waals surface area (Å²) in [6.45, 7) is 12.3. The molecule has 1 heterocycles. The zero-order valence-electron chi connectivity index (χ0n) is 13.1. The van der Waals surface area contributed by atoms with Crippen molar-refractivity contribution >= 4 is 0 Å². The van der Waals surface area contributed by atoms with Crippen LogP contribution < -0.4 is 5.32 Å². The van der Waals surface area contributed by atoms with Crippen molar-refractivity contribution in [3.8, 4) is 0 Å². The molecular weight excluding hydrogens is 238 g/mol. The Morgan fingerprint density at radius 3 is 2.11 bits per heavy atom. The highest BCUT2D eigenvalue weighted by Crippen LogP contribution is 2.12. The highest BCUT2D eigenvalue weighted by Gasteiger charge is 2.11. The van der Waals surface area contributed by atoms with Crippen molar-refractivity contribution in [2.24, 2.45) is 0 Å². The average Bonchev–Trinajstić information content (AvgIpc) is 2.28. The van der Waals surface area contributed by atoms with Gasteiger partial charge in [0.1, 0.15) is 5.82 Å². The smallest absolute Gasteiger partial charge is 0.131 e. The van der Waals surface area contributed by atoms with Crippen LogP contribution in [0.3, 0.4) is 0 Å². The number of hydrogen-bond acceptors (Lipinski definition) is 4. The van der Waals surface area contributed by atoms with Crippen molar-refractivity contribution in [2.75, 3.05) is 20.3 Å². The summed E-state index contributed by atoms with van der Waals surface area (Å²) in [4.78, 5) is 9.14. The second-order valence-corrected chi connectivity index (χ2v) is 5.96. The molecule has 0 fully saturated rings. The highest BCUT2D eigenvalue weighted by molar-refractivity contribution is 5.24. The first kappa shape index (κ1) is 16.1. The zero-order chi connectivity index (χ0) is 14.5. The van der Waals surface area contributed by atoms with Crippen LogP contribution in [0, 0.1) is 13.8 Å². The van der Waals surface area contributed by atoms with E-state index in [1.54, 1.807) is 7.11 Å². The second-order valence-electron chi connectivity index (χ2n) is 5.96. The van der Waals surface area contributed by atoms with Crippen molar-refractivity contribution in [1.82, 2.24) is 15.3 Å². The van der Waals surface area contributed by atoms with E-state index in [1.165, 1.54) is 5.56 Å². The molecule has 1 aromatic heterocycles. The Bertz CT molecular complexity index is 387. The first-order valence-corrected chi connectivity index (χ1v) is 6.90. The van der Waals surface area contributed by atoms with E-state index in [-0.39, 0.29) is 5.54 Å². The number of methoxy groups -OCH3 is 1. The number of aromatic nitrogens is 2. The quantitative estimate of drug-likeness (QED) is 0.856. The van der Waals surface area contributed by atoms with E-state index >= 15 is 0 Å². The molecule has 0 aliphatic carbocycles. The summed E-state index contributed by atoms with van der Waals surface area (Å²) >= 11 is 0. The Labute approximate surface area is 117 Å². The van der Waals surface area contributed by atoms with Gasteiger partial charge in [-0.05, 0) is 53.1 Å². The largest absolute Gasteiger partial charge is 0.384 e. The molecule has 19 heavy (non-hydrogen) atoms. The minimum atomic E-state index is 0.154. The van der Waals surface area contributed by atoms with Crippen LogP contribution in [0.5, 0.6) is 0 Å². The third-order valence-electron chi connectivity index (χ3n) is 3.03. The number of nitrogens with zero attached hydrogens (tertiary/aromatic N) is 2. The van der Waals surface area contributed by atoms with Crippen molar-refractivity contribution in [3.05, 3.63) is 22.8 Å². The van der Waals surface area contributed by atoms with Gasteiger partial charge in [0.15, 0.2) is 0 Å². The molecule has 0 saturated carbocycles. The maximum absolute atomic E-state index is 5.07. The summed E-state index contributed by atoms with van der Waals surface area (Å²) in [5.41, 5.74) is 3.60. The standard InChI is InChI=1S/C15H27N3O/c1-11-13(7-9-16-15(3,4)5)12(2)18-14(17-11)8-10-19-6/h16H,7-10H2,1-6H3. The Balaban J connectivity index is 2.69. The summed E-state index contributed by atoms with van der Waals surface area (Å²) < 4.78 is 5.07. The molecule has 108 valence electrons. The average molecular weight is 265 g/mol. The molecule has 0 unspecified atom stereocenters. The minimum Gasteiger partial charge on any atom is -0.384 e. The lowest BCUT2D eigenvalue weighted by Crippen LogP contribution is -2.37. The third kappa shape index (κ3) is 5.66. The van der Waals surface area contributed by atoms with Crippen molar-refractivity contribution in [3.63, 3.8) is 0 Å². The van der Waals surface area contributed by atoms with Crippen molar-refractivity contribution < 1.29 is 4.74 Å². The zero-order valence-corrected chi connectivity index (χ0v) is 13.1. The number of aryl methyl sites for hydroxylation is 2. The minimum absolute atomic E-state index is 0.154. The lowest BCUT2D eigenvalue weighted by atomic mass is 10.1. The van der Waals surface area contributed by atoms with Gasteiger partial charge in [-0.2, -0.15) is 0 Å². The molecule has 0 spiro atoms. The molecule has 1 aromatic rings. The summed E-state index contributed by atoms with van der Waals surface area (Å²) in [5.74, 6) is 0.879. The fourth-order valence-electron chi connectivity index (χ4n) is 2.04. The van der Waals surface area contributed by atoms with E-state index in [1.807, 2.05) is 0 Å². The van der Waals surface area contributed by atoms with Crippen LogP contribution in [0.25, 0.3) is 0 Å². The van der Waals surface area contributed by atoms with Gasteiger partial charge in [-0.3, -0.25) is 0 Å². The van der Waals surface area contributed by atoms with Crippen LogP contribution >= 0.6 is 0 Å². The lowest BCUT2D eigenvalue weighted by Gasteiger charge is -2.21. The van der Waals surface area contributed by atoms with Gasteiger partial charge in [-0.15, -0.1) is 0 Å². The molecule has 0 amide bonds. The van der Waals surface area contributed by atoms with E-state index in [9.17, 15) is 0 Å². The van der Waals surface area contributed by atoms with Crippen LogP contribution in [0.1, 0.15) is 43.5 Å². The van der Waals surface area contributed by atoms with Crippen molar-refractivity contribution in [2.45, 2.75) is 53.0 Å². The predicted molar refractivity (Wildman–Crippen MR) is 78.5 cm³/mol. The van der Waals surface area contributed by atoms with Crippen LogP contribution in [-0.4, -0.2) is 35.8 Å². The molecule has 0 bridgehead atoms. The molecule has 1 N–H and O–H groups in total. The molecule has 1 rings (SSSR count). The Morgan fingerprint density at radius 2 is 1.63 bits per heavy atom. The van der Waals surface area contributed by atoms with Gasteiger partial charge in [0.25, 0.3) is 0 Å². The molecule has 0 aromatic carbocycles. The number of ether oxygens (including phenoxy) is 1. The first-order valence-electron chi connectivity index (χ1n) is 6.90. The van der Waals surface area contributed by atoms with Crippen LogP contribution in [0.2, 0.25) is 0 Å². The summed E-state index contributed by atoms with van der Waals surface area (Å²) in [7, 11) is 1.70. The Morgan fingerprint density at radius 1 is 1.05 bits per heavy atom. The molecular formula is C15H27N3O. The summed E-state index contributed by atoms with van der Waals surface area (Å²) in [5, 5.41) is 3.50. The molecule has 0 atom stereocenters. The third-order valence-corrected chi connectivity index (χ3v) is 3.03. The van der Waals surface area contributed by atoms with Gasteiger partial charge in [0, 0.05) is 30.5 Å². The van der Waals surface area contributed by atoms with Crippen LogP contribution in [0.4, 0.5) is 0 Å². The number of rotatable bonds is 6. The van der Waals surface area contributed by atoms with Gasteiger partial charge < -0.3 is 10.1 Å². The molecule has 0 aliphatic heterocycles. The summed E-state index contributed by atoms with van der Waals surface area (Å²) in [6, 6.07) is 0. The fraction of sp³-hybridized carbons (Fsp3) is 0.733. The van der Waals surface area contributed by atoms with E-state index in [2.05, 4.69) is 49.9 Å². The first-order chi connectivity index (χ1) is 8.83. The van der Waals surface area contributed by atoms with E-state index < -0.39 is 0 Å². The second kappa shape index (κ2) is 6.96. The summed E-state index contributed by atoms with van der Waals surface area (Å²) in [6.07, 6.45) is 1.75. The highest BCUT2D eigenvalue weighted by atomic mass is 16.5. The number of nitrogens with one attached hydrogen (secondary N) is 1. The van der Waals surface area contributed by atoms with Crippen LogP contribution in [-0.2, 0) is 17.6 Å². The van der Waals surface area contributed by atoms with E-state index in [4.69, 9.17) is 4.74 Å². The van der Waals surface area contributed by atoms with Gasteiger partial charge in [0.2, 0.25) is 0 Å². The number of hydrogen-bond donors (Lipinski definition) is 1. The van der Waals surface area contributed by atoms with Crippen molar-refractivity contribution in [1.29, 1.82) is 0 Å². The Hall–Kier alpha value is -1.00. The molecule has 4 nitrogen and oxygen atoms in total. The van der Waals surface area contributed by atoms with Crippen LogP contribution in [0.15, 0.2) is 0 Å². The topological polar surface area (TPSA) is 47.0 Å². The maximum Gasteiger partial charge on any atom is 0.131 e. The van der Waals surface area contributed by atoms with Gasteiger partial charge in [-0.1, -0.05) is 0 Å². The van der Waals surface area contributed by atoms with Gasteiger partial charge in [0.05, 0.1) is 6.61 Å². The van der Waals surface area contributed by atoms with Gasteiger partial charge >= 0.3 is 0 Å². The molecule has 0 saturated heterocycles. The monoisotopic (exact) mass is 265 g/mol. The lowest BCUT2D eigenvalue weighted by molar-refractivity contribution is 0.200. The van der Waals surface area contributed by atoms with E-state index in [0.29, 0.717) is 6.61 Å².